The van der Waals surface area contributed by atoms with Crippen molar-refractivity contribution in [2.45, 2.75) is 33.2 Å². The fourth-order valence-electron chi connectivity index (χ4n) is 2.74. The summed E-state index contributed by atoms with van der Waals surface area (Å²) < 4.78 is 0. The van der Waals surface area contributed by atoms with Crippen LogP contribution in [0.5, 0.6) is 0 Å². The molecule has 0 bridgehead atoms. The third-order valence-electron chi connectivity index (χ3n) is 4.04. The first-order valence-electron chi connectivity index (χ1n) is 7.31. The number of carbonyl (C=O) groups excluding carboxylic acids is 1. The lowest BCUT2D eigenvalue weighted by molar-refractivity contribution is -0.116. The van der Waals surface area contributed by atoms with Gasteiger partial charge in [0, 0.05) is 18.0 Å². The fourth-order valence-corrected chi connectivity index (χ4v) is 2.74. The van der Waals surface area contributed by atoms with Crippen molar-refractivity contribution >= 4 is 17.3 Å². The molecule has 3 nitrogen and oxygen atoms in total. The van der Waals surface area contributed by atoms with Crippen LogP contribution in [0.2, 0.25) is 0 Å². The van der Waals surface area contributed by atoms with E-state index in [1.165, 1.54) is 16.7 Å². The summed E-state index contributed by atoms with van der Waals surface area (Å²) in [4.78, 5) is 11.9. The van der Waals surface area contributed by atoms with Crippen LogP contribution in [-0.2, 0) is 4.79 Å². The maximum absolute atomic E-state index is 11.9. The molecule has 0 spiro atoms. The maximum Gasteiger partial charge on any atom is 0.226 e. The third-order valence-corrected chi connectivity index (χ3v) is 4.04. The lowest BCUT2D eigenvalue weighted by atomic mass is 9.98. The van der Waals surface area contributed by atoms with Crippen LogP contribution in [0.3, 0.4) is 0 Å². The van der Waals surface area contributed by atoms with Crippen LogP contribution in [0.1, 0.15) is 24.5 Å². The van der Waals surface area contributed by atoms with Crippen molar-refractivity contribution < 1.29 is 4.79 Å². The molecule has 108 valence electrons. The van der Waals surface area contributed by atoms with E-state index in [1.807, 2.05) is 19.1 Å². The molecule has 0 fully saturated rings. The highest BCUT2D eigenvalue weighted by atomic mass is 16.1. The van der Waals surface area contributed by atoms with Gasteiger partial charge in [-0.15, -0.1) is 0 Å². The number of nitrogens with one attached hydrogen (secondary N) is 2. The zero-order chi connectivity index (χ0) is 15.0. The lowest BCUT2D eigenvalue weighted by Crippen LogP contribution is -2.19. The summed E-state index contributed by atoms with van der Waals surface area (Å²) in [6.07, 6.45) is 0.487. The monoisotopic (exact) mass is 280 g/mol. The zero-order valence-corrected chi connectivity index (χ0v) is 12.7. The molecule has 2 aromatic carbocycles. The molecule has 3 rings (SSSR count). The standard InChI is InChI=1S/C18H20N2O/c1-11-7-8-14(9-12(11)2)15-5-4-6-16-18(15)19-13(3)10-17(21)20-16/h4-9,13,19H,10H2,1-3H3,(H,20,21). The van der Waals surface area contributed by atoms with Gasteiger partial charge in [-0.1, -0.05) is 30.3 Å². The molecule has 0 aromatic heterocycles. The molecular weight excluding hydrogens is 260 g/mol. The quantitative estimate of drug-likeness (QED) is 0.825. The van der Waals surface area contributed by atoms with E-state index in [4.69, 9.17) is 0 Å². The van der Waals surface area contributed by atoms with Crippen LogP contribution >= 0.6 is 0 Å². The molecule has 2 aromatic rings. The van der Waals surface area contributed by atoms with E-state index in [2.05, 4.69) is 48.7 Å². The van der Waals surface area contributed by atoms with Gasteiger partial charge in [0.1, 0.15) is 0 Å². The molecule has 2 N–H and O–H groups in total. The van der Waals surface area contributed by atoms with Crippen LogP contribution in [0, 0.1) is 13.8 Å². The van der Waals surface area contributed by atoms with Crippen molar-refractivity contribution in [2.75, 3.05) is 10.6 Å². The minimum atomic E-state index is 0.0611. The average Bonchev–Trinajstić information content (AvgIpc) is 2.58. The van der Waals surface area contributed by atoms with Gasteiger partial charge in [0.25, 0.3) is 0 Å². The summed E-state index contributed by atoms with van der Waals surface area (Å²) in [7, 11) is 0. The van der Waals surface area contributed by atoms with Crippen molar-refractivity contribution in [1.82, 2.24) is 0 Å². The van der Waals surface area contributed by atoms with E-state index in [1.54, 1.807) is 0 Å². The van der Waals surface area contributed by atoms with Gasteiger partial charge in [-0.05, 0) is 43.5 Å². The number of para-hydroxylation sites is 1. The van der Waals surface area contributed by atoms with Crippen molar-refractivity contribution in [3.05, 3.63) is 47.5 Å². The van der Waals surface area contributed by atoms with E-state index >= 15 is 0 Å². The summed E-state index contributed by atoms with van der Waals surface area (Å²) in [5.74, 6) is 0.0611. The number of hydrogen-bond donors (Lipinski definition) is 2. The van der Waals surface area contributed by atoms with Crippen molar-refractivity contribution in [1.29, 1.82) is 0 Å². The second-order valence-electron chi connectivity index (χ2n) is 5.82. The first-order valence-corrected chi connectivity index (χ1v) is 7.31. The Morgan fingerprint density at radius 1 is 1.10 bits per heavy atom. The van der Waals surface area contributed by atoms with Crippen LogP contribution in [0.15, 0.2) is 36.4 Å². The predicted octanol–water partition coefficient (Wildman–Crippen LogP) is 4.11. The van der Waals surface area contributed by atoms with E-state index in [-0.39, 0.29) is 11.9 Å². The fraction of sp³-hybridized carbons (Fsp3) is 0.278. The molecule has 1 atom stereocenters. The van der Waals surface area contributed by atoms with E-state index < -0.39 is 0 Å². The Morgan fingerprint density at radius 3 is 2.67 bits per heavy atom. The predicted molar refractivity (Wildman–Crippen MR) is 87.7 cm³/mol. The smallest absolute Gasteiger partial charge is 0.226 e. The molecule has 1 heterocycles. The van der Waals surface area contributed by atoms with Gasteiger partial charge in [-0.25, -0.2) is 0 Å². The van der Waals surface area contributed by atoms with Gasteiger partial charge in [0.15, 0.2) is 0 Å². The molecule has 0 saturated heterocycles. The lowest BCUT2D eigenvalue weighted by Gasteiger charge is -2.17. The second kappa shape index (κ2) is 5.24. The Balaban J connectivity index is 2.14. The highest BCUT2D eigenvalue weighted by Crippen LogP contribution is 2.37. The SMILES string of the molecule is Cc1ccc(-c2cccc3c2NC(C)CC(=O)N3)cc1C. The molecule has 21 heavy (non-hydrogen) atoms. The Bertz CT molecular complexity index is 706. The van der Waals surface area contributed by atoms with Gasteiger partial charge in [0.05, 0.1) is 11.4 Å². The maximum atomic E-state index is 11.9. The van der Waals surface area contributed by atoms with Gasteiger partial charge < -0.3 is 10.6 Å². The number of carbonyl (C=O) groups is 1. The summed E-state index contributed by atoms with van der Waals surface area (Å²) >= 11 is 0. The minimum Gasteiger partial charge on any atom is -0.380 e. The van der Waals surface area contributed by atoms with Crippen molar-refractivity contribution in [3.63, 3.8) is 0 Å². The second-order valence-corrected chi connectivity index (χ2v) is 5.82. The normalized spacial score (nSPS) is 17.5. The number of fused-ring (bicyclic) bond motifs is 1. The summed E-state index contributed by atoms with van der Waals surface area (Å²) in [6.45, 7) is 6.27. The number of rotatable bonds is 1. The van der Waals surface area contributed by atoms with Crippen LogP contribution in [0.4, 0.5) is 11.4 Å². The Labute approximate surface area is 125 Å². The molecule has 3 heteroatoms. The van der Waals surface area contributed by atoms with E-state index in [0.29, 0.717) is 6.42 Å². The van der Waals surface area contributed by atoms with Gasteiger partial charge in [0.2, 0.25) is 5.91 Å². The molecular formula is C18H20N2O. The Hall–Kier alpha value is -2.29. The van der Waals surface area contributed by atoms with Crippen LogP contribution in [-0.4, -0.2) is 11.9 Å². The number of hydrogen-bond acceptors (Lipinski definition) is 2. The molecule has 1 aliphatic rings. The van der Waals surface area contributed by atoms with E-state index in [0.717, 1.165) is 16.9 Å². The van der Waals surface area contributed by atoms with Crippen LogP contribution in [0.25, 0.3) is 11.1 Å². The van der Waals surface area contributed by atoms with Gasteiger partial charge in [-0.2, -0.15) is 0 Å². The van der Waals surface area contributed by atoms with Gasteiger partial charge >= 0.3 is 0 Å². The first-order chi connectivity index (χ1) is 10.0. The first kappa shape index (κ1) is 13.7. The third kappa shape index (κ3) is 2.64. The van der Waals surface area contributed by atoms with Crippen LogP contribution < -0.4 is 10.6 Å². The number of amides is 1. The van der Waals surface area contributed by atoms with Gasteiger partial charge in [-0.3, -0.25) is 4.79 Å². The summed E-state index contributed by atoms with van der Waals surface area (Å²) in [5, 5.41) is 6.46. The molecule has 0 aliphatic carbocycles. The minimum absolute atomic E-state index is 0.0611. The topological polar surface area (TPSA) is 41.1 Å². The molecule has 1 unspecified atom stereocenters. The highest BCUT2D eigenvalue weighted by molar-refractivity contribution is 6.00. The van der Waals surface area contributed by atoms with Crippen molar-refractivity contribution in [3.8, 4) is 11.1 Å². The molecule has 1 amide bonds. The zero-order valence-electron chi connectivity index (χ0n) is 12.7. The number of benzene rings is 2. The summed E-state index contributed by atoms with van der Waals surface area (Å²) in [6, 6.07) is 12.6. The Kier molecular flexibility index (Phi) is 3.42. The molecule has 1 aliphatic heterocycles. The highest BCUT2D eigenvalue weighted by Gasteiger charge is 2.20. The summed E-state index contributed by atoms with van der Waals surface area (Å²) in [5.41, 5.74) is 6.74. The molecule has 0 saturated carbocycles. The largest absolute Gasteiger partial charge is 0.380 e. The van der Waals surface area contributed by atoms with Crippen molar-refractivity contribution in [2.24, 2.45) is 0 Å². The Morgan fingerprint density at radius 2 is 1.90 bits per heavy atom. The average molecular weight is 280 g/mol. The number of aryl methyl sites for hydroxylation is 2. The van der Waals surface area contributed by atoms with E-state index in [9.17, 15) is 4.79 Å². The molecule has 0 radical (unpaired) electrons. The number of anilines is 2.